The molecule has 1 N–H and O–H groups in total. The summed E-state index contributed by atoms with van der Waals surface area (Å²) in [4.78, 5) is 40.2. The summed E-state index contributed by atoms with van der Waals surface area (Å²) < 4.78 is 7.81. The van der Waals surface area contributed by atoms with E-state index in [1.54, 1.807) is 24.3 Å². The van der Waals surface area contributed by atoms with E-state index >= 15 is 0 Å². The van der Waals surface area contributed by atoms with E-state index in [2.05, 4.69) is 5.32 Å². The topological polar surface area (TPSA) is 77.4 Å². The number of nitrogens with zero attached hydrogens (tertiary/aromatic N) is 1. The maximum absolute atomic E-state index is 13.7. The van der Waals surface area contributed by atoms with E-state index in [0.29, 0.717) is 38.5 Å². The first kappa shape index (κ1) is 22.3. The Labute approximate surface area is 201 Å². The average molecular weight is 475 g/mol. The SMILES string of the molecule is COc1c(C(=O)NCC2CCCC2)sc2c1c(=O)n(CC(=O)c1ccccc1)c1ccccc21. The Balaban J connectivity index is 1.61. The van der Waals surface area contributed by atoms with Crippen LogP contribution in [0.15, 0.2) is 59.4 Å². The molecule has 1 saturated carbocycles. The van der Waals surface area contributed by atoms with Gasteiger partial charge in [-0.15, -0.1) is 11.3 Å². The number of carbonyl (C=O) groups excluding carboxylic acids is 2. The second-order valence-electron chi connectivity index (χ2n) is 8.73. The highest BCUT2D eigenvalue weighted by molar-refractivity contribution is 7.22. The Morgan fingerprint density at radius 1 is 1.06 bits per heavy atom. The summed E-state index contributed by atoms with van der Waals surface area (Å²) in [5.41, 5.74) is 0.870. The van der Waals surface area contributed by atoms with Gasteiger partial charge in [0.2, 0.25) is 0 Å². The summed E-state index contributed by atoms with van der Waals surface area (Å²) in [7, 11) is 1.48. The molecule has 2 aromatic carbocycles. The van der Waals surface area contributed by atoms with Crippen LogP contribution in [0.25, 0.3) is 21.0 Å². The highest BCUT2D eigenvalue weighted by atomic mass is 32.1. The molecule has 0 radical (unpaired) electrons. The normalized spacial score (nSPS) is 14.0. The van der Waals surface area contributed by atoms with Gasteiger partial charge < -0.3 is 10.1 Å². The fourth-order valence-electron chi connectivity index (χ4n) is 4.84. The maximum atomic E-state index is 13.7. The van der Waals surface area contributed by atoms with Crippen LogP contribution in [0.4, 0.5) is 0 Å². The van der Waals surface area contributed by atoms with Crippen molar-refractivity contribution in [3.63, 3.8) is 0 Å². The molecule has 0 unspecified atom stereocenters. The summed E-state index contributed by atoms with van der Waals surface area (Å²) in [6.45, 7) is 0.536. The first-order valence-electron chi connectivity index (χ1n) is 11.6. The summed E-state index contributed by atoms with van der Waals surface area (Å²) in [5, 5.41) is 4.20. The van der Waals surface area contributed by atoms with Crippen LogP contribution in [0.2, 0.25) is 0 Å². The predicted octanol–water partition coefficient (Wildman–Crippen LogP) is 5.03. The second kappa shape index (κ2) is 9.43. The van der Waals surface area contributed by atoms with Crippen LogP contribution in [0.5, 0.6) is 5.75 Å². The fraction of sp³-hybridized carbons (Fsp3) is 0.296. The molecule has 0 spiro atoms. The van der Waals surface area contributed by atoms with Crippen LogP contribution in [0.1, 0.15) is 45.7 Å². The molecule has 4 aromatic rings. The summed E-state index contributed by atoms with van der Waals surface area (Å²) >= 11 is 1.27. The molecule has 0 aliphatic heterocycles. The molecule has 0 bridgehead atoms. The minimum absolute atomic E-state index is 0.0957. The highest BCUT2D eigenvalue weighted by Gasteiger charge is 2.26. The number of aromatic nitrogens is 1. The number of hydrogen-bond acceptors (Lipinski definition) is 5. The third-order valence-electron chi connectivity index (χ3n) is 6.60. The van der Waals surface area contributed by atoms with Crippen molar-refractivity contribution in [3.8, 4) is 5.75 Å². The average Bonchev–Trinajstić information content (AvgIpc) is 3.53. The number of ether oxygens (including phenoxy) is 1. The minimum atomic E-state index is -0.332. The third-order valence-corrected chi connectivity index (χ3v) is 7.80. The Morgan fingerprint density at radius 2 is 1.76 bits per heavy atom. The first-order valence-corrected chi connectivity index (χ1v) is 12.4. The zero-order chi connectivity index (χ0) is 23.7. The maximum Gasteiger partial charge on any atom is 0.265 e. The number of rotatable bonds is 7. The molecule has 2 heterocycles. The number of hydrogen-bond donors (Lipinski definition) is 1. The van der Waals surface area contributed by atoms with Gasteiger partial charge in [-0.1, -0.05) is 61.4 Å². The molecule has 34 heavy (non-hydrogen) atoms. The lowest BCUT2D eigenvalue weighted by molar-refractivity contribution is 0.0946. The number of nitrogens with one attached hydrogen (secondary N) is 1. The fourth-order valence-corrected chi connectivity index (χ4v) is 6.05. The van der Waals surface area contributed by atoms with Gasteiger partial charge in [0.05, 0.1) is 23.9 Å². The van der Waals surface area contributed by atoms with Gasteiger partial charge in [-0.05, 0) is 24.8 Å². The van der Waals surface area contributed by atoms with Crippen molar-refractivity contribution >= 4 is 44.0 Å². The van der Waals surface area contributed by atoms with Crippen molar-refractivity contribution in [3.05, 3.63) is 75.4 Å². The van der Waals surface area contributed by atoms with Crippen molar-refractivity contribution in [2.75, 3.05) is 13.7 Å². The lowest BCUT2D eigenvalue weighted by Gasteiger charge is -2.12. The molecular weight excluding hydrogens is 448 g/mol. The Bertz CT molecular complexity index is 1430. The molecule has 6 nitrogen and oxygen atoms in total. The van der Waals surface area contributed by atoms with Crippen LogP contribution in [-0.4, -0.2) is 29.9 Å². The summed E-state index contributed by atoms with van der Waals surface area (Å²) in [6, 6.07) is 16.4. The van der Waals surface area contributed by atoms with Crippen molar-refractivity contribution in [1.82, 2.24) is 9.88 Å². The minimum Gasteiger partial charge on any atom is -0.494 e. The van der Waals surface area contributed by atoms with Crippen molar-refractivity contribution < 1.29 is 14.3 Å². The van der Waals surface area contributed by atoms with Crippen LogP contribution in [0, 0.1) is 5.92 Å². The van der Waals surface area contributed by atoms with Gasteiger partial charge in [0, 0.05) is 17.5 Å². The van der Waals surface area contributed by atoms with E-state index in [4.69, 9.17) is 4.74 Å². The third kappa shape index (κ3) is 4.01. The first-order chi connectivity index (χ1) is 16.6. The molecule has 1 aliphatic rings. The molecule has 0 atom stereocenters. The van der Waals surface area contributed by atoms with Crippen LogP contribution in [-0.2, 0) is 6.54 Å². The number of carbonyl (C=O) groups is 2. The standard InChI is InChI=1S/C27H26N2O4S/c1-33-23-22-24(34-25(23)26(31)28-15-17-9-5-6-10-17)19-13-7-8-14-20(19)29(27(22)32)16-21(30)18-11-3-2-4-12-18/h2-4,7-8,11-14,17H,5-6,9-10,15-16H2,1H3,(H,28,31). The van der Waals surface area contributed by atoms with Gasteiger partial charge in [-0.3, -0.25) is 19.0 Å². The number of para-hydroxylation sites is 1. The molecule has 1 amide bonds. The zero-order valence-corrected chi connectivity index (χ0v) is 19.8. The quantitative estimate of drug-likeness (QED) is 0.381. The summed E-state index contributed by atoms with van der Waals surface area (Å²) in [5.74, 6) is 0.406. The van der Waals surface area contributed by atoms with Gasteiger partial charge in [0.25, 0.3) is 11.5 Å². The van der Waals surface area contributed by atoms with Gasteiger partial charge >= 0.3 is 0 Å². The molecule has 0 saturated heterocycles. The van der Waals surface area contributed by atoms with Gasteiger partial charge in [-0.2, -0.15) is 0 Å². The van der Waals surface area contributed by atoms with Crippen molar-refractivity contribution in [2.24, 2.45) is 5.92 Å². The van der Waals surface area contributed by atoms with Crippen LogP contribution >= 0.6 is 11.3 Å². The molecule has 174 valence electrons. The van der Waals surface area contributed by atoms with E-state index in [9.17, 15) is 14.4 Å². The smallest absolute Gasteiger partial charge is 0.265 e. The van der Waals surface area contributed by atoms with Gasteiger partial charge in [0.1, 0.15) is 10.3 Å². The second-order valence-corrected chi connectivity index (χ2v) is 9.75. The van der Waals surface area contributed by atoms with Gasteiger partial charge in [-0.25, -0.2) is 0 Å². The predicted molar refractivity (Wildman–Crippen MR) is 135 cm³/mol. The number of benzene rings is 2. The van der Waals surface area contributed by atoms with E-state index in [1.807, 2.05) is 30.3 Å². The van der Waals surface area contributed by atoms with E-state index in [0.717, 1.165) is 18.2 Å². The molecule has 2 aromatic heterocycles. The zero-order valence-electron chi connectivity index (χ0n) is 19.0. The highest BCUT2D eigenvalue weighted by Crippen LogP contribution is 2.39. The Morgan fingerprint density at radius 3 is 2.50 bits per heavy atom. The van der Waals surface area contributed by atoms with Crippen molar-refractivity contribution in [2.45, 2.75) is 32.2 Å². The number of amides is 1. The van der Waals surface area contributed by atoms with Crippen LogP contribution in [0.3, 0.4) is 0 Å². The van der Waals surface area contributed by atoms with E-state index in [1.165, 1.54) is 35.9 Å². The van der Waals surface area contributed by atoms with Crippen LogP contribution < -0.4 is 15.6 Å². The largest absolute Gasteiger partial charge is 0.494 e. The Kier molecular flexibility index (Phi) is 6.20. The Hall–Kier alpha value is -3.45. The number of pyridine rings is 1. The van der Waals surface area contributed by atoms with E-state index in [-0.39, 0.29) is 29.5 Å². The van der Waals surface area contributed by atoms with Crippen molar-refractivity contribution in [1.29, 1.82) is 0 Å². The summed E-state index contributed by atoms with van der Waals surface area (Å²) in [6.07, 6.45) is 4.68. The molecular formula is C27H26N2O4S. The molecule has 7 heteroatoms. The number of Topliss-reactive ketones (excluding diaryl/α,β-unsaturated/α-hetero) is 1. The number of ketones is 1. The molecule has 1 aliphatic carbocycles. The monoisotopic (exact) mass is 474 g/mol. The molecule has 5 rings (SSSR count). The molecule has 1 fully saturated rings. The number of thiophene rings is 1. The number of methoxy groups -OCH3 is 1. The lowest BCUT2D eigenvalue weighted by Crippen LogP contribution is -2.28. The van der Waals surface area contributed by atoms with E-state index < -0.39 is 0 Å². The van der Waals surface area contributed by atoms with Gasteiger partial charge in [0.15, 0.2) is 11.5 Å². The lowest BCUT2D eigenvalue weighted by atomic mass is 10.1. The number of fused-ring (bicyclic) bond motifs is 3.